The van der Waals surface area contributed by atoms with Crippen molar-refractivity contribution in [3.05, 3.63) is 83.4 Å². The van der Waals surface area contributed by atoms with E-state index in [1.165, 1.54) is 12.1 Å². The summed E-state index contributed by atoms with van der Waals surface area (Å²) in [6.07, 6.45) is 0.883. The van der Waals surface area contributed by atoms with Gasteiger partial charge in [0, 0.05) is 30.6 Å². The van der Waals surface area contributed by atoms with Gasteiger partial charge in [-0.15, -0.1) is 0 Å². The molecule has 1 amide bonds. The predicted molar refractivity (Wildman–Crippen MR) is 99.0 cm³/mol. The minimum absolute atomic E-state index is 0.0586. The van der Waals surface area contributed by atoms with Crippen molar-refractivity contribution >= 4 is 5.91 Å². The summed E-state index contributed by atoms with van der Waals surface area (Å²) in [5.41, 5.74) is 2.46. The molecule has 1 atom stereocenters. The molecule has 3 aromatic rings. The summed E-state index contributed by atoms with van der Waals surface area (Å²) in [6.45, 7) is 1.67. The van der Waals surface area contributed by atoms with Crippen molar-refractivity contribution in [2.45, 2.75) is 18.9 Å². The maximum Gasteiger partial charge on any atom is 0.253 e. The van der Waals surface area contributed by atoms with Crippen LogP contribution in [0.1, 0.15) is 34.1 Å². The molecule has 1 saturated heterocycles. The van der Waals surface area contributed by atoms with Crippen LogP contribution < -0.4 is 4.74 Å². The average Bonchev–Trinajstić information content (AvgIpc) is 3.36. The molecule has 0 saturated carbocycles. The molecule has 1 aromatic heterocycles. The number of carbonyl (C=O) groups excluding carboxylic acids is 1. The molecule has 0 aliphatic carbocycles. The van der Waals surface area contributed by atoms with E-state index < -0.39 is 0 Å². The van der Waals surface area contributed by atoms with Crippen LogP contribution in [0.2, 0.25) is 0 Å². The SMILES string of the molecule is O=C(c1ccccc1)N1CC[C@@H](c2cc(COc3cccc(F)c3)[nH]n2)C1. The van der Waals surface area contributed by atoms with Crippen molar-refractivity contribution in [2.75, 3.05) is 13.1 Å². The van der Waals surface area contributed by atoms with Crippen LogP contribution in [0.5, 0.6) is 5.75 Å². The fourth-order valence-electron chi connectivity index (χ4n) is 3.33. The number of aromatic amines is 1. The van der Waals surface area contributed by atoms with E-state index in [1.54, 1.807) is 12.1 Å². The van der Waals surface area contributed by atoms with Crippen molar-refractivity contribution in [1.29, 1.82) is 0 Å². The number of hydrogen-bond acceptors (Lipinski definition) is 3. The molecule has 6 heteroatoms. The van der Waals surface area contributed by atoms with Gasteiger partial charge in [0.1, 0.15) is 18.2 Å². The van der Waals surface area contributed by atoms with E-state index in [4.69, 9.17) is 4.74 Å². The number of likely N-dealkylation sites (tertiary alicyclic amines) is 1. The molecule has 27 heavy (non-hydrogen) atoms. The molecule has 2 aromatic carbocycles. The Bertz CT molecular complexity index is 926. The Morgan fingerprint density at radius 2 is 2.04 bits per heavy atom. The Labute approximate surface area is 156 Å². The molecular formula is C21H20FN3O2. The lowest BCUT2D eigenvalue weighted by Crippen LogP contribution is -2.28. The average molecular weight is 365 g/mol. The summed E-state index contributed by atoms with van der Waals surface area (Å²) in [6, 6.07) is 17.3. The summed E-state index contributed by atoms with van der Waals surface area (Å²) < 4.78 is 18.8. The van der Waals surface area contributed by atoms with Crippen molar-refractivity contribution in [3.8, 4) is 5.75 Å². The largest absolute Gasteiger partial charge is 0.487 e. The Kier molecular flexibility index (Phi) is 4.87. The molecule has 0 bridgehead atoms. The highest BCUT2D eigenvalue weighted by Crippen LogP contribution is 2.27. The zero-order valence-corrected chi connectivity index (χ0v) is 14.8. The van der Waals surface area contributed by atoms with E-state index >= 15 is 0 Å². The summed E-state index contributed by atoms with van der Waals surface area (Å²) in [7, 11) is 0. The fourth-order valence-corrected chi connectivity index (χ4v) is 3.33. The van der Waals surface area contributed by atoms with Crippen LogP contribution in [-0.4, -0.2) is 34.1 Å². The number of aromatic nitrogens is 2. The second kappa shape index (κ2) is 7.61. The molecule has 1 fully saturated rings. The quantitative estimate of drug-likeness (QED) is 0.749. The summed E-state index contributed by atoms with van der Waals surface area (Å²) >= 11 is 0. The summed E-state index contributed by atoms with van der Waals surface area (Å²) in [5.74, 6) is 0.415. The predicted octanol–water partition coefficient (Wildman–Crippen LogP) is 3.76. The molecule has 2 heterocycles. The molecule has 0 radical (unpaired) electrons. The van der Waals surface area contributed by atoms with Gasteiger partial charge in [0.25, 0.3) is 5.91 Å². The lowest BCUT2D eigenvalue weighted by atomic mass is 10.1. The number of H-pyrrole nitrogens is 1. The Hall–Kier alpha value is -3.15. The Morgan fingerprint density at radius 3 is 2.85 bits per heavy atom. The van der Waals surface area contributed by atoms with Crippen LogP contribution in [-0.2, 0) is 6.61 Å². The van der Waals surface area contributed by atoms with Gasteiger partial charge < -0.3 is 9.64 Å². The molecule has 0 spiro atoms. The van der Waals surface area contributed by atoms with Crippen molar-refractivity contribution in [1.82, 2.24) is 15.1 Å². The van der Waals surface area contributed by atoms with E-state index in [0.717, 1.165) is 24.4 Å². The zero-order valence-electron chi connectivity index (χ0n) is 14.8. The number of rotatable bonds is 5. The van der Waals surface area contributed by atoms with E-state index in [0.29, 0.717) is 17.9 Å². The van der Waals surface area contributed by atoms with Crippen LogP contribution in [0, 0.1) is 5.82 Å². The number of halogens is 1. The number of nitrogens with one attached hydrogen (secondary N) is 1. The summed E-state index contributed by atoms with van der Waals surface area (Å²) in [4.78, 5) is 14.4. The molecule has 138 valence electrons. The molecule has 0 unspecified atom stereocenters. The highest BCUT2D eigenvalue weighted by molar-refractivity contribution is 5.94. The van der Waals surface area contributed by atoms with Gasteiger partial charge in [-0.25, -0.2) is 4.39 Å². The fraction of sp³-hybridized carbons (Fsp3) is 0.238. The monoisotopic (exact) mass is 365 g/mol. The van der Waals surface area contributed by atoms with Gasteiger partial charge in [-0.05, 0) is 36.8 Å². The number of nitrogens with zero attached hydrogens (tertiary/aromatic N) is 2. The zero-order chi connectivity index (χ0) is 18.6. The third-order valence-corrected chi connectivity index (χ3v) is 4.76. The first-order valence-electron chi connectivity index (χ1n) is 8.96. The maximum atomic E-state index is 13.2. The first kappa shape index (κ1) is 17.3. The third kappa shape index (κ3) is 4.00. The number of hydrogen-bond donors (Lipinski definition) is 1. The van der Waals surface area contributed by atoms with Gasteiger partial charge in [-0.3, -0.25) is 9.89 Å². The number of ether oxygens (including phenoxy) is 1. The van der Waals surface area contributed by atoms with E-state index in [9.17, 15) is 9.18 Å². The number of benzene rings is 2. The molecule has 1 aliphatic rings. The minimum Gasteiger partial charge on any atom is -0.487 e. The standard InChI is InChI=1S/C21H20FN3O2/c22-17-7-4-8-19(11-17)27-14-18-12-20(24-23-18)16-9-10-25(13-16)21(26)15-5-2-1-3-6-15/h1-8,11-12,16H,9-10,13-14H2,(H,23,24)/t16-/m1/s1. The van der Waals surface area contributed by atoms with Gasteiger partial charge >= 0.3 is 0 Å². The van der Waals surface area contributed by atoms with Gasteiger partial charge in [0.05, 0.1) is 11.4 Å². The topological polar surface area (TPSA) is 58.2 Å². The number of amides is 1. The van der Waals surface area contributed by atoms with Crippen LogP contribution >= 0.6 is 0 Å². The Morgan fingerprint density at radius 1 is 1.19 bits per heavy atom. The highest BCUT2D eigenvalue weighted by Gasteiger charge is 2.29. The molecular weight excluding hydrogens is 345 g/mol. The molecule has 5 nitrogen and oxygen atoms in total. The minimum atomic E-state index is -0.327. The lowest BCUT2D eigenvalue weighted by Gasteiger charge is -2.16. The third-order valence-electron chi connectivity index (χ3n) is 4.76. The maximum absolute atomic E-state index is 13.2. The van der Waals surface area contributed by atoms with Crippen molar-refractivity contribution < 1.29 is 13.9 Å². The lowest BCUT2D eigenvalue weighted by molar-refractivity contribution is 0.0790. The van der Waals surface area contributed by atoms with E-state index in [2.05, 4.69) is 10.2 Å². The Balaban J connectivity index is 1.36. The summed E-state index contributed by atoms with van der Waals surface area (Å²) in [5, 5.41) is 7.35. The van der Waals surface area contributed by atoms with Crippen LogP contribution in [0.25, 0.3) is 0 Å². The second-order valence-corrected chi connectivity index (χ2v) is 6.67. The smallest absolute Gasteiger partial charge is 0.253 e. The first-order chi connectivity index (χ1) is 13.2. The second-order valence-electron chi connectivity index (χ2n) is 6.67. The van der Waals surface area contributed by atoms with E-state index in [1.807, 2.05) is 41.3 Å². The first-order valence-corrected chi connectivity index (χ1v) is 8.96. The van der Waals surface area contributed by atoms with Crippen LogP contribution in [0.15, 0.2) is 60.7 Å². The van der Waals surface area contributed by atoms with Gasteiger partial charge in [-0.2, -0.15) is 5.10 Å². The van der Waals surface area contributed by atoms with Crippen LogP contribution in [0.4, 0.5) is 4.39 Å². The van der Waals surface area contributed by atoms with Gasteiger partial charge in [0.15, 0.2) is 0 Å². The molecule has 1 aliphatic heterocycles. The normalized spacial score (nSPS) is 16.5. The van der Waals surface area contributed by atoms with E-state index in [-0.39, 0.29) is 24.2 Å². The van der Waals surface area contributed by atoms with Crippen LogP contribution in [0.3, 0.4) is 0 Å². The van der Waals surface area contributed by atoms with Crippen molar-refractivity contribution in [3.63, 3.8) is 0 Å². The number of carbonyl (C=O) groups is 1. The molecule has 4 rings (SSSR count). The van der Waals surface area contributed by atoms with Gasteiger partial charge in [0.2, 0.25) is 0 Å². The highest BCUT2D eigenvalue weighted by atomic mass is 19.1. The molecule has 1 N–H and O–H groups in total. The van der Waals surface area contributed by atoms with Crippen molar-refractivity contribution in [2.24, 2.45) is 0 Å². The van der Waals surface area contributed by atoms with Gasteiger partial charge in [-0.1, -0.05) is 24.3 Å².